The van der Waals surface area contributed by atoms with E-state index in [4.69, 9.17) is 0 Å². The van der Waals surface area contributed by atoms with Gasteiger partial charge in [-0.15, -0.1) is 0 Å². The molecule has 0 heterocycles. The standard InChI is InChI=1S/C10H20.C7H16.C6H14/c1-3-9-7-5-6-8-10(9)4-2;1-4-6-7(3)5-2;1-3-5-6-4-2/h9-10H,3-8H2,1-2H3;7H,4-6H2,1-3H3;3-6H2,1-2H3. The Hall–Kier alpha value is 0. The fraction of sp³-hybridized carbons (Fsp3) is 1.00. The molecule has 0 amide bonds. The first-order valence-electron chi connectivity index (χ1n) is 11.1. The molecule has 1 rings (SSSR count). The molecule has 0 radical (unpaired) electrons. The Bertz CT molecular complexity index is 180. The number of hydrogen-bond acceptors (Lipinski definition) is 0. The van der Waals surface area contributed by atoms with E-state index in [-0.39, 0.29) is 0 Å². The van der Waals surface area contributed by atoms with Gasteiger partial charge in [0.05, 0.1) is 0 Å². The molecule has 0 aliphatic heterocycles. The second kappa shape index (κ2) is 20.0. The van der Waals surface area contributed by atoms with E-state index in [9.17, 15) is 0 Å². The highest BCUT2D eigenvalue weighted by atomic mass is 14.3. The Morgan fingerprint density at radius 1 is 0.696 bits per heavy atom. The van der Waals surface area contributed by atoms with Gasteiger partial charge in [0.2, 0.25) is 0 Å². The van der Waals surface area contributed by atoms with Gasteiger partial charge >= 0.3 is 0 Å². The highest BCUT2D eigenvalue weighted by Crippen LogP contribution is 2.33. The van der Waals surface area contributed by atoms with Gasteiger partial charge < -0.3 is 0 Å². The molecule has 1 aliphatic rings. The molecule has 1 saturated carbocycles. The molecule has 0 nitrogen and oxygen atoms in total. The average molecular weight is 327 g/mol. The van der Waals surface area contributed by atoms with Gasteiger partial charge in [-0.05, 0) is 17.8 Å². The van der Waals surface area contributed by atoms with Gasteiger partial charge in [0.25, 0.3) is 0 Å². The van der Waals surface area contributed by atoms with Crippen molar-refractivity contribution >= 4 is 0 Å². The van der Waals surface area contributed by atoms with Crippen LogP contribution in [0.1, 0.15) is 132 Å². The van der Waals surface area contributed by atoms with E-state index in [1.54, 1.807) is 0 Å². The van der Waals surface area contributed by atoms with E-state index in [1.165, 1.54) is 83.5 Å². The molecule has 23 heavy (non-hydrogen) atoms. The maximum Gasteiger partial charge on any atom is -0.0389 e. The minimum atomic E-state index is 0.949. The van der Waals surface area contributed by atoms with Crippen molar-refractivity contribution in [3.05, 3.63) is 0 Å². The minimum Gasteiger partial charge on any atom is -0.0654 e. The molecule has 3 unspecified atom stereocenters. The van der Waals surface area contributed by atoms with E-state index >= 15 is 0 Å². The molecular weight excluding hydrogens is 276 g/mol. The van der Waals surface area contributed by atoms with Gasteiger partial charge in [-0.1, -0.05) is 132 Å². The van der Waals surface area contributed by atoms with Crippen LogP contribution in [0.3, 0.4) is 0 Å². The van der Waals surface area contributed by atoms with Crippen LogP contribution in [0.15, 0.2) is 0 Å². The lowest BCUT2D eigenvalue weighted by Crippen LogP contribution is -2.17. The van der Waals surface area contributed by atoms with Gasteiger partial charge in [-0.2, -0.15) is 0 Å². The minimum absolute atomic E-state index is 0.949. The smallest absolute Gasteiger partial charge is 0.0389 e. The van der Waals surface area contributed by atoms with E-state index in [0.717, 1.165) is 17.8 Å². The van der Waals surface area contributed by atoms with E-state index in [2.05, 4.69) is 48.5 Å². The molecule has 0 aromatic heterocycles. The lowest BCUT2D eigenvalue weighted by atomic mass is 9.77. The summed E-state index contributed by atoms with van der Waals surface area (Å²) in [6.07, 6.45) is 18.5. The van der Waals surface area contributed by atoms with Crippen LogP contribution in [0.25, 0.3) is 0 Å². The summed E-state index contributed by atoms with van der Waals surface area (Å²) in [5.41, 5.74) is 0. The molecular formula is C23H50. The molecule has 0 aromatic rings. The highest BCUT2D eigenvalue weighted by molar-refractivity contribution is 4.72. The monoisotopic (exact) mass is 326 g/mol. The van der Waals surface area contributed by atoms with Gasteiger partial charge in [-0.3, -0.25) is 0 Å². The number of hydrogen-bond donors (Lipinski definition) is 0. The second-order valence-corrected chi connectivity index (χ2v) is 7.63. The predicted molar refractivity (Wildman–Crippen MR) is 110 cm³/mol. The van der Waals surface area contributed by atoms with Crippen LogP contribution in [-0.4, -0.2) is 0 Å². The molecule has 3 atom stereocenters. The fourth-order valence-electron chi connectivity index (χ4n) is 3.56. The van der Waals surface area contributed by atoms with Crippen LogP contribution < -0.4 is 0 Å². The largest absolute Gasteiger partial charge is 0.0654 e. The summed E-state index contributed by atoms with van der Waals surface area (Å²) in [4.78, 5) is 0. The third-order valence-electron chi connectivity index (χ3n) is 5.55. The van der Waals surface area contributed by atoms with E-state index in [0.29, 0.717) is 0 Å². The Morgan fingerprint density at radius 3 is 1.35 bits per heavy atom. The quantitative estimate of drug-likeness (QED) is 0.390. The zero-order valence-electron chi connectivity index (χ0n) is 17.9. The maximum atomic E-state index is 2.35. The van der Waals surface area contributed by atoms with Crippen LogP contribution in [0.4, 0.5) is 0 Å². The summed E-state index contributed by atoms with van der Waals surface area (Å²) in [5.74, 6) is 3.09. The Balaban J connectivity index is 0. The first-order valence-corrected chi connectivity index (χ1v) is 11.1. The fourth-order valence-corrected chi connectivity index (χ4v) is 3.56. The van der Waals surface area contributed by atoms with Gasteiger partial charge in [0, 0.05) is 0 Å². The summed E-state index contributed by atoms with van der Waals surface area (Å²) in [6, 6.07) is 0. The lowest BCUT2D eigenvalue weighted by molar-refractivity contribution is 0.224. The van der Waals surface area contributed by atoms with Crippen molar-refractivity contribution in [2.24, 2.45) is 17.8 Å². The van der Waals surface area contributed by atoms with Crippen LogP contribution >= 0.6 is 0 Å². The molecule has 0 N–H and O–H groups in total. The summed E-state index contributed by atoms with van der Waals surface area (Å²) < 4.78 is 0. The van der Waals surface area contributed by atoms with Crippen molar-refractivity contribution in [3.63, 3.8) is 0 Å². The second-order valence-electron chi connectivity index (χ2n) is 7.63. The SMILES string of the molecule is CCC1CCCCC1CC.CCCC(C)CC.CCCCCC. The van der Waals surface area contributed by atoms with Crippen molar-refractivity contribution in [3.8, 4) is 0 Å². The highest BCUT2D eigenvalue weighted by Gasteiger charge is 2.21. The van der Waals surface area contributed by atoms with Crippen LogP contribution in [-0.2, 0) is 0 Å². The molecule has 142 valence electrons. The van der Waals surface area contributed by atoms with Crippen LogP contribution in [0.2, 0.25) is 0 Å². The molecule has 1 fully saturated rings. The molecule has 1 aliphatic carbocycles. The van der Waals surface area contributed by atoms with Crippen molar-refractivity contribution in [1.82, 2.24) is 0 Å². The Labute approximate surface area is 150 Å². The van der Waals surface area contributed by atoms with Gasteiger partial charge in [0.1, 0.15) is 0 Å². The Morgan fingerprint density at radius 2 is 1.13 bits per heavy atom. The summed E-state index contributed by atoms with van der Waals surface area (Å²) in [7, 11) is 0. The van der Waals surface area contributed by atoms with E-state index in [1.807, 2.05) is 0 Å². The lowest BCUT2D eigenvalue weighted by Gasteiger charge is -2.29. The molecule has 0 aromatic carbocycles. The average Bonchev–Trinajstić information content (AvgIpc) is 2.61. The van der Waals surface area contributed by atoms with Crippen molar-refractivity contribution < 1.29 is 0 Å². The van der Waals surface area contributed by atoms with Gasteiger partial charge in [0.15, 0.2) is 0 Å². The van der Waals surface area contributed by atoms with Gasteiger partial charge in [-0.25, -0.2) is 0 Å². The Kier molecular flexibility index (Phi) is 22.0. The van der Waals surface area contributed by atoms with Crippen molar-refractivity contribution in [2.45, 2.75) is 132 Å². The molecule has 0 heteroatoms. The number of unbranched alkanes of at least 4 members (excludes halogenated alkanes) is 3. The summed E-state index contributed by atoms with van der Waals surface area (Å²) >= 11 is 0. The predicted octanol–water partition coefficient (Wildman–Crippen LogP) is 9.03. The topological polar surface area (TPSA) is 0 Å². The zero-order chi connectivity index (χ0) is 17.9. The summed E-state index contributed by atoms with van der Waals surface area (Å²) in [5, 5.41) is 0. The number of rotatable bonds is 8. The summed E-state index contributed by atoms with van der Waals surface area (Å²) in [6.45, 7) is 16.0. The molecule has 0 saturated heterocycles. The molecule has 0 spiro atoms. The first kappa shape index (κ1) is 25.2. The normalized spacial score (nSPS) is 21.5. The third-order valence-corrected chi connectivity index (χ3v) is 5.55. The van der Waals surface area contributed by atoms with Crippen LogP contribution in [0, 0.1) is 17.8 Å². The van der Waals surface area contributed by atoms with Crippen molar-refractivity contribution in [2.75, 3.05) is 0 Å². The zero-order valence-corrected chi connectivity index (χ0v) is 17.9. The van der Waals surface area contributed by atoms with Crippen molar-refractivity contribution in [1.29, 1.82) is 0 Å². The van der Waals surface area contributed by atoms with Crippen LogP contribution in [0.5, 0.6) is 0 Å². The molecule has 0 bridgehead atoms. The first-order chi connectivity index (χ1) is 11.1. The third kappa shape index (κ3) is 16.6. The van der Waals surface area contributed by atoms with E-state index < -0.39 is 0 Å². The maximum absolute atomic E-state index is 2.35.